The van der Waals surface area contributed by atoms with E-state index in [1.54, 1.807) is 10.7 Å². The Labute approximate surface area is 148 Å². The molecule has 0 aliphatic rings. The summed E-state index contributed by atoms with van der Waals surface area (Å²) >= 11 is 1.53. The van der Waals surface area contributed by atoms with Gasteiger partial charge in [-0.2, -0.15) is 10.1 Å². The minimum Gasteiger partial charge on any atom is -0.319 e. The highest BCUT2D eigenvalue weighted by molar-refractivity contribution is 7.16. The van der Waals surface area contributed by atoms with Crippen LogP contribution in [0.5, 0.6) is 0 Å². The first kappa shape index (κ1) is 15.8. The number of fused-ring (bicyclic) bond motifs is 3. The van der Waals surface area contributed by atoms with Crippen LogP contribution < -0.4 is 4.80 Å². The molecule has 25 heavy (non-hydrogen) atoms. The molecule has 0 saturated heterocycles. The summed E-state index contributed by atoms with van der Waals surface area (Å²) in [5.74, 6) is -0.256. The van der Waals surface area contributed by atoms with E-state index in [1.807, 2.05) is 37.6 Å². The Morgan fingerprint density at radius 3 is 2.84 bits per heavy atom. The van der Waals surface area contributed by atoms with Crippen LogP contribution >= 0.6 is 11.3 Å². The first-order valence-corrected chi connectivity index (χ1v) is 9.01. The van der Waals surface area contributed by atoms with Gasteiger partial charge in [-0.1, -0.05) is 41.7 Å². The van der Waals surface area contributed by atoms with E-state index in [0.717, 1.165) is 15.9 Å². The van der Waals surface area contributed by atoms with Gasteiger partial charge in [-0.25, -0.2) is 0 Å². The second-order valence-corrected chi connectivity index (χ2v) is 6.99. The van der Waals surface area contributed by atoms with E-state index in [2.05, 4.69) is 34.4 Å². The zero-order valence-electron chi connectivity index (χ0n) is 14.4. The van der Waals surface area contributed by atoms with E-state index in [4.69, 9.17) is 0 Å². The predicted octanol–water partition coefficient (Wildman–Crippen LogP) is 3.66. The van der Waals surface area contributed by atoms with Gasteiger partial charge >= 0.3 is 0 Å². The molecule has 0 N–H and O–H groups in total. The lowest BCUT2D eigenvalue weighted by molar-refractivity contribution is 0.0988. The van der Waals surface area contributed by atoms with Gasteiger partial charge in [0.25, 0.3) is 5.91 Å². The maximum atomic E-state index is 12.7. The molecule has 1 amide bonds. The minimum absolute atomic E-state index is 0.256. The predicted molar refractivity (Wildman–Crippen MR) is 101 cm³/mol. The highest BCUT2D eigenvalue weighted by Gasteiger charge is 2.14. The Hall–Kier alpha value is -2.73. The van der Waals surface area contributed by atoms with Crippen LogP contribution in [0.2, 0.25) is 0 Å². The summed E-state index contributed by atoms with van der Waals surface area (Å²) in [5.41, 5.74) is 2.46. The second-order valence-electron chi connectivity index (χ2n) is 5.98. The Bertz CT molecular complexity index is 1180. The van der Waals surface area contributed by atoms with Crippen LogP contribution in [-0.4, -0.2) is 20.3 Å². The molecule has 0 aliphatic carbocycles. The van der Waals surface area contributed by atoms with Crippen LogP contribution in [0.1, 0.15) is 23.1 Å². The molecule has 0 aliphatic heterocycles. The summed E-state index contributed by atoms with van der Waals surface area (Å²) in [4.78, 5) is 17.7. The van der Waals surface area contributed by atoms with Gasteiger partial charge in [-0.05, 0) is 31.4 Å². The zero-order chi connectivity index (χ0) is 17.6. The molecule has 2 aromatic heterocycles. The third-order valence-corrected chi connectivity index (χ3v) is 5.40. The van der Waals surface area contributed by atoms with Crippen LogP contribution in [0.15, 0.2) is 47.5 Å². The standard InChI is InChI=1S/C19H18N4OS/c1-4-23-15(11-12(2)21-23)18(24)20-19-22(3)17-14-8-6-5-7-13(14)9-10-16(17)25-19/h5-11H,4H2,1-3H3. The first-order valence-electron chi connectivity index (χ1n) is 8.19. The number of hydrogen-bond acceptors (Lipinski definition) is 3. The number of nitrogens with zero attached hydrogens (tertiary/aromatic N) is 4. The maximum absolute atomic E-state index is 12.7. The summed E-state index contributed by atoms with van der Waals surface area (Å²) in [7, 11) is 1.96. The summed E-state index contributed by atoms with van der Waals surface area (Å²) in [6, 6.07) is 14.2. The van der Waals surface area contributed by atoms with E-state index in [1.165, 1.54) is 22.1 Å². The molecule has 0 unspecified atom stereocenters. The first-order chi connectivity index (χ1) is 12.1. The third kappa shape index (κ3) is 2.59. The number of thiazole rings is 1. The molecule has 5 nitrogen and oxygen atoms in total. The molecule has 0 spiro atoms. The van der Waals surface area contributed by atoms with Gasteiger partial charge in [0.15, 0.2) is 4.80 Å². The SMILES string of the molecule is CCn1nc(C)cc1C(=O)N=c1sc2ccc3ccccc3c2n1C. The van der Waals surface area contributed by atoms with Crippen molar-refractivity contribution in [3.05, 3.63) is 58.7 Å². The Morgan fingerprint density at radius 1 is 1.24 bits per heavy atom. The number of carbonyl (C=O) groups is 1. The average Bonchev–Trinajstić information content (AvgIpc) is 3.15. The van der Waals surface area contributed by atoms with Crippen molar-refractivity contribution in [1.82, 2.24) is 14.3 Å². The van der Waals surface area contributed by atoms with E-state index in [0.29, 0.717) is 17.0 Å². The van der Waals surface area contributed by atoms with Crippen molar-refractivity contribution < 1.29 is 4.79 Å². The summed E-state index contributed by atoms with van der Waals surface area (Å²) in [6.45, 7) is 4.50. The van der Waals surface area contributed by atoms with E-state index < -0.39 is 0 Å². The average molecular weight is 350 g/mol. The highest BCUT2D eigenvalue weighted by atomic mass is 32.1. The van der Waals surface area contributed by atoms with Gasteiger partial charge in [0.1, 0.15) is 5.69 Å². The molecule has 2 heterocycles. The number of rotatable bonds is 2. The van der Waals surface area contributed by atoms with Crippen LogP contribution in [0.3, 0.4) is 0 Å². The quantitative estimate of drug-likeness (QED) is 0.554. The van der Waals surface area contributed by atoms with Gasteiger partial charge in [-0.15, -0.1) is 0 Å². The van der Waals surface area contributed by atoms with E-state index in [-0.39, 0.29) is 5.91 Å². The van der Waals surface area contributed by atoms with Crippen molar-refractivity contribution in [3.63, 3.8) is 0 Å². The molecule has 2 aromatic carbocycles. The topological polar surface area (TPSA) is 52.2 Å². The van der Waals surface area contributed by atoms with E-state index >= 15 is 0 Å². The molecule has 0 radical (unpaired) electrons. The van der Waals surface area contributed by atoms with Gasteiger partial charge in [-0.3, -0.25) is 9.48 Å². The molecular weight excluding hydrogens is 332 g/mol. The fourth-order valence-electron chi connectivity index (χ4n) is 3.13. The monoisotopic (exact) mass is 350 g/mol. The zero-order valence-corrected chi connectivity index (χ0v) is 15.2. The molecule has 0 saturated carbocycles. The third-order valence-electron chi connectivity index (χ3n) is 4.31. The summed E-state index contributed by atoms with van der Waals surface area (Å²) < 4.78 is 4.82. The van der Waals surface area contributed by atoms with Crippen LogP contribution in [0.25, 0.3) is 21.0 Å². The lowest BCUT2D eigenvalue weighted by atomic mass is 10.1. The Kier molecular flexibility index (Phi) is 3.77. The molecule has 6 heteroatoms. The molecule has 0 bridgehead atoms. The number of benzene rings is 2. The lowest BCUT2D eigenvalue weighted by Gasteiger charge is -2.02. The summed E-state index contributed by atoms with van der Waals surface area (Å²) in [6.07, 6.45) is 0. The molecular formula is C19H18N4OS. The van der Waals surface area contributed by atoms with Crippen molar-refractivity contribution in [2.75, 3.05) is 0 Å². The second kappa shape index (κ2) is 5.97. The van der Waals surface area contributed by atoms with Crippen molar-refractivity contribution in [2.24, 2.45) is 12.0 Å². The van der Waals surface area contributed by atoms with Crippen LogP contribution in [0, 0.1) is 6.92 Å². The normalized spacial score (nSPS) is 12.4. The number of hydrogen-bond donors (Lipinski definition) is 0. The fourth-order valence-corrected chi connectivity index (χ4v) is 4.16. The molecule has 4 aromatic rings. The number of aryl methyl sites for hydroxylation is 3. The molecule has 0 fully saturated rings. The fraction of sp³-hybridized carbons (Fsp3) is 0.211. The summed E-state index contributed by atoms with van der Waals surface area (Å²) in [5, 5.41) is 6.68. The molecule has 4 rings (SSSR count). The minimum atomic E-state index is -0.256. The maximum Gasteiger partial charge on any atom is 0.297 e. The Balaban J connectivity index is 1.92. The largest absolute Gasteiger partial charge is 0.319 e. The smallest absolute Gasteiger partial charge is 0.297 e. The van der Waals surface area contributed by atoms with Crippen molar-refractivity contribution in [2.45, 2.75) is 20.4 Å². The van der Waals surface area contributed by atoms with E-state index in [9.17, 15) is 4.79 Å². The van der Waals surface area contributed by atoms with Crippen molar-refractivity contribution in [3.8, 4) is 0 Å². The molecule has 126 valence electrons. The highest BCUT2D eigenvalue weighted by Crippen LogP contribution is 2.26. The van der Waals surface area contributed by atoms with Gasteiger partial charge in [0.05, 0.1) is 15.9 Å². The number of aromatic nitrogens is 3. The van der Waals surface area contributed by atoms with Crippen LogP contribution in [0.4, 0.5) is 0 Å². The number of carbonyl (C=O) groups excluding carboxylic acids is 1. The van der Waals surface area contributed by atoms with Gasteiger partial charge < -0.3 is 4.57 Å². The van der Waals surface area contributed by atoms with Crippen LogP contribution in [-0.2, 0) is 13.6 Å². The van der Waals surface area contributed by atoms with Gasteiger partial charge in [0, 0.05) is 19.0 Å². The molecule has 0 atom stereocenters. The van der Waals surface area contributed by atoms with Gasteiger partial charge in [0.2, 0.25) is 0 Å². The number of amides is 1. The van der Waals surface area contributed by atoms with Crippen molar-refractivity contribution >= 4 is 38.2 Å². The lowest BCUT2D eigenvalue weighted by Crippen LogP contribution is -2.15. The van der Waals surface area contributed by atoms with Crippen molar-refractivity contribution in [1.29, 1.82) is 0 Å². The Morgan fingerprint density at radius 2 is 2.04 bits per heavy atom.